The molecular formula is C21H21F3N2O7. The maximum absolute atomic E-state index is 13.9. The monoisotopic (exact) mass is 470 g/mol. The summed E-state index contributed by atoms with van der Waals surface area (Å²) >= 11 is 0. The van der Waals surface area contributed by atoms with E-state index in [-0.39, 0.29) is 12.3 Å². The molecule has 1 fully saturated rings. The van der Waals surface area contributed by atoms with Crippen LogP contribution in [0.2, 0.25) is 0 Å². The van der Waals surface area contributed by atoms with Crippen molar-refractivity contribution >= 4 is 11.9 Å². The van der Waals surface area contributed by atoms with Gasteiger partial charge in [-0.2, -0.15) is 0 Å². The summed E-state index contributed by atoms with van der Waals surface area (Å²) in [6, 6.07) is 0.324. The summed E-state index contributed by atoms with van der Waals surface area (Å²) < 4.78 is 62.8. The van der Waals surface area contributed by atoms with Crippen LogP contribution in [0.1, 0.15) is 38.9 Å². The van der Waals surface area contributed by atoms with E-state index in [0.717, 1.165) is 20.4 Å². The molecule has 33 heavy (non-hydrogen) atoms. The lowest BCUT2D eigenvalue weighted by molar-refractivity contribution is -0.106. The number of rotatable bonds is 7. The number of methoxy groups -OCH3 is 3. The zero-order valence-electron chi connectivity index (χ0n) is 17.9. The Labute approximate surface area is 186 Å². The molecule has 1 aliphatic heterocycles. The maximum Gasteiger partial charge on any atom is 0.358 e. The normalized spacial score (nSPS) is 17.6. The van der Waals surface area contributed by atoms with Crippen LogP contribution in [0, 0.1) is 17.5 Å². The highest BCUT2D eigenvalue weighted by molar-refractivity contribution is 5.96. The van der Waals surface area contributed by atoms with Crippen LogP contribution in [0.25, 0.3) is 0 Å². The summed E-state index contributed by atoms with van der Waals surface area (Å²) in [6.07, 6.45) is 0.690. The molecule has 1 aromatic carbocycles. The minimum absolute atomic E-state index is 0.255. The molecule has 1 aromatic heterocycles. The van der Waals surface area contributed by atoms with Gasteiger partial charge in [0, 0.05) is 37.5 Å². The summed E-state index contributed by atoms with van der Waals surface area (Å²) in [7, 11) is 3.64. The number of aromatic nitrogens is 1. The van der Waals surface area contributed by atoms with Crippen molar-refractivity contribution < 1.29 is 41.7 Å². The summed E-state index contributed by atoms with van der Waals surface area (Å²) in [6.45, 7) is -0.382. The number of pyridine rings is 1. The molecule has 2 aromatic rings. The number of ether oxygens (including phenoxy) is 4. The predicted octanol–water partition coefficient (Wildman–Crippen LogP) is 1.92. The third-order valence-corrected chi connectivity index (χ3v) is 5.15. The van der Waals surface area contributed by atoms with Crippen LogP contribution >= 0.6 is 0 Å². The molecule has 1 aliphatic rings. The largest absolute Gasteiger partial charge is 0.491 e. The average Bonchev–Trinajstić information content (AvgIpc) is 3.26. The Morgan fingerprint density at radius 1 is 1.18 bits per heavy atom. The van der Waals surface area contributed by atoms with Crippen molar-refractivity contribution in [2.75, 3.05) is 27.9 Å². The van der Waals surface area contributed by atoms with Gasteiger partial charge in [0.25, 0.3) is 5.91 Å². The van der Waals surface area contributed by atoms with Gasteiger partial charge in [-0.15, -0.1) is 0 Å². The fraction of sp³-hybridized carbons (Fsp3) is 0.381. The van der Waals surface area contributed by atoms with Gasteiger partial charge in [0.05, 0.1) is 26.9 Å². The SMILES string of the molecule is COC(=O)c1c(OC)c(=O)c(C(=O)NCc2c(F)cc(F)cc2F)cn1[C@@H]1CCOC1OC. The molecule has 3 rings (SSSR count). The number of hydrogen-bond donors (Lipinski definition) is 1. The topological polar surface area (TPSA) is 105 Å². The third-order valence-electron chi connectivity index (χ3n) is 5.15. The number of nitrogens with zero attached hydrogens (tertiary/aromatic N) is 1. The van der Waals surface area contributed by atoms with Crippen LogP contribution in [0.4, 0.5) is 13.2 Å². The van der Waals surface area contributed by atoms with Crippen LogP contribution in [0.3, 0.4) is 0 Å². The zero-order chi connectivity index (χ0) is 24.3. The minimum Gasteiger partial charge on any atom is -0.491 e. The van der Waals surface area contributed by atoms with Crippen molar-refractivity contribution in [3.8, 4) is 5.75 Å². The van der Waals surface area contributed by atoms with Gasteiger partial charge in [-0.25, -0.2) is 18.0 Å². The Morgan fingerprint density at radius 2 is 1.85 bits per heavy atom. The highest BCUT2D eigenvalue weighted by Crippen LogP contribution is 2.30. The molecule has 0 aliphatic carbocycles. The van der Waals surface area contributed by atoms with Gasteiger partial charge in [-0.3, -0.25) is 9.59 Å². The first-order valence-electron chi connectivity index (χ1n) is 9.70. The fourth-order valence-corrected chi connectivity index (χ4v) is 3.57. The number of hydrogen-bond acceptors (Lipinski definition) is 7. The molecule has 2 atom stereocenters. The Balaban J connectivity index is 2.05. The lowest BCUT2D eigenvalue weighted by atomic mass is 10.1. The van der Waals surface area contributed by atoms with Gasteiger partial charge >= 0.3 is 5.97 Å². The molecule has 9 nitrogen and oxygen atoms in total. The van der Waals surface area contributed by atoms with Crippen LogP contribution in [-0.4, -0.2) is 50.7 Å². The van der Waals surface area contributed by atoms with Crippen molar-refractivity contribution in [2.45, 2.75) is 25.3 Å². The molecule has 2 heterocycles. The molecule has 12 heteroatoms. The first-order valence-corrected chi connectivity index (χ1v) is 9.70. The van der Waals surface area contributed by atoms with E-state index in [9.17, 15) is 27.6 Å². The molecule has 1 unspecified atom stereocenters. The molecule has 0 bridgehead atoms. The minimum atomic E-state index is -1.20. The van der Waals surface area contributed by atoms with E-state index in [1.165, 1.54) is 11.7 Å². The Morgan fingerprint density at radius 3 is 2.42 bits per heavy atom. The smallest absolute Gasteiger partial charge is 0.358 e. The third kappa shape index (κ3) is 4.71. The molecule has 1 N–H and O–H groups in total. The van der Waals surface area contributed by atoms with Crippen LogP contribution in [0.15, 0.2) is 23.1 Å². The highest BCUT2D eigenvalue weighted by atomic mass is 19.1. The number of esters is 1. The standard InChI is InChI=1S/C21H21F3N2O7/c1-30-18-16(20(29)31-2)26(15-4-5-33-21(15)32-3)9-12(17(18)27)19(28)25-8-11-13(23)6-10(22)7-14(11)24/h6-7,9,15,21H,4-5,8H2,1-3H3,(H,25,28)/t15-,21?/m1/s1. The molecule has 1 amide bonds. The number of amides is 1. The lowest BCUT2D eigenvalue weighted by Crippen LogP contribution is -2.34. The lowest BCUT2D eigenvalue weighted by Gasteiger charge is -2.24. The number of carbonyl (C=O) groups excluding carboxylic acids is 2. The molecule has 0 saturated carbocycles. The first-order chi connectivity index (χ1) is 15.7. The maximum atomic E-state index is 13.9. The molecule has 178 valence electrons. The van der Waals surface area contributed by atoms with Crippen molar-refractivity contribution in [1.82, 2.24) is 9.88 Å². The summed E-state index contributed by atoms with van der Waals surface area (Å²) in [5.74, 6) is -5.87. The van der Waals surface area contributed by atoms with E-state index in [1.807, 2.05) is 0 Å². The Hall–Kier alpha value is -3.38. The van der Waals surface area contributed by atoms with Crippen LogP contribution in [-0.2, 0) is 20.8 Å². The van der Waals surface area contributed by atoms with Gasteiger partial charge in [0.2, 0.25) is 5.43 Å². The first kappa shape index (κ1) is 24.3. The van der Waals surface area contributed by atoms with Crippen molar-refractivity contribution in [2.24, 2.45) is 0 Å². The second-order valence-electron chi connectivity index (χ2n) is 7.01. The van der Waals surface area contributed by atoms with Gasteiger partial charge in [-0.1, -0.05) is 0 Å². The Bertz CT molecular complexity index is 1110. The summed E-state index contributed by atoms with van der Waals surface area (Å²) in [5.41, 5.74) is -2.26. The number of halogens is 3. The van der Waals surface area contributed by atoms with E-state index >= 15 is 0 Å². The van der Waals surface area contributed by atoms with Gasteiger partial charge < -0.3 is 28.8 Å². The molecule has 0 spiro atoms. The second kappa shape index (κ2) is 10.0. The zero-order valence-corrected chi connectivity index (χ0v) is 17.9. The molecule has 0 radical (unpaired) electrons. The molecular weight excluding hydrogens is 449 g/mol. The fourth-order valence-electron chi connectivity index (χ4n) is 3.57. The van der Waals surface area contributed by atoms with Crippen molar-refractivity contribution in [1.29, 1.82) is 0 Å². The van der Waals surface area contributed by atoms with Crippen molar-refractivity contribution in [3.63, 3.8) is 0 Å². The number of carbonyl (C=O) groups is 2. The van der Waals surface area contributed by atoms with Crippen LogP contribution in [0.5, 0.6) is 5.75 Å². The van der Waals surface area contributed by atoms with E-state index in [4.69, 9.17) is 18.9 Å². The van der Waals surface area contributed by atoms with E-state index in [1.54, 1.807) is 0 Å². The van der Waals surface area contributed by atoms with Gasteiger partial charge in [0.15, 0.2) is 17.7 Å². The quantitative estimate of drug-likeness (QED) is 0.617. The molecule has 1 saturated heterocycles. The average molecular weight is 470 g/mol. The van der Waals surface area contributed by atoms with E-state index < -0.39 is 70.5 Å². The predicted molar refractivity (Wildman–Crippen MR) is 106 cm³/mol. The van der Waals surface area contributed by atoms with Crippen molar-refractivity contribution in [3.05, 3.63) is 62.8 Å². The van der Waals surface area contributed by atoms with Gasteiger partial charge in [-0.05, 0) is 6.42 Å². The van der Waals surface area contributed by atoms with Crippen LogP contribution < -0.4 is 15.5 Å². The summed E-state index contributed by atoms with van der Waals surface area (Å²) in [5, 5.41) is 2.23. The van der Waals surface area contributed by atoms with E-state index in [0.29, 0.717) is 18.6 Å². The van der Waals surface area contributed by atoms with Gasteiger partial charge in [0.1, 0.15) is 23.0 Å². The Kier molecular flexibility index (Phi) is 7.39. The second-order valence-corrected chi connectivity index (χ2v) is 7.01. The highest BCUT2D eigenvalue weighted by Gasteiger charge is 2.35. The van der Waals surface area contributed by atoms with E-state index in [2.05, 4.69) is 5.32 Å². The number of benzene rings is 1. The summed E-state index contributed by atoms with van der Waals surface area (Å²) in [4.78, 5) is 38.2. The number of nitrogens with one attached hydrogen (secondary N) is 1.